The van der Waals surface area contributed by atoms with E-state index in [9.17, 15) is 17.6 Å². The van der Waals surface area contributed by atoms with Crippen LogP contribution < -0.4 is 10.5 Å². The van der Waals surface area contributed by atoms with Crippen LogP contribution in [0.1, 0.15) is 28.3 Å². The van der Waals surface area contributed by atoms with Gasteiger partial charge >= 0.3 is 0 Å². The molecule has 1 aliphatic heterocycles. The third-order valence-electron chi connectivity index (χ3n) is 4.17. The van der Waals surface area contributed by atoms with Crippen LogP contribution in [0.3, 0.4) is 0 Å². The van der Waals surface area contributed by atoms with Crippen LogP contribution in [0.25, 0.3) is 0 Å². The third-order valence-corrected chi connectivity index (χ3v) is 6.58. The molecule has 0 bridgehead atoms. The molecule has 0 radical (unpaired) electrons. The summed E-state index contributed by atoms with van der Waals surface area (Å²) < 4.78 is 40.3. The molecule has 10 heteroatoms. The van der Waals surface area contributed by atoms with Crippen LogP contribution in [0, 0.1) is 5.82 Å². The van der Waals surface area contributed by atoms with Crippen molar-refractivity contribution in [2.75, 3.05) is 13.1 Å². The molecule has 3 N–H and O–H groups in total. The maximum atomic E-state index is 13.0. The van der Waals surface area contributed by atoms with Gasteiger partial charge in [-0.1, -0.05) is 0 Å². The summed E-state index contributed by atoms with van der Waals surface area (Å²) in [5.41, 5.74) is 5.89. The molecule has 2 heterocycles. The lowest BCUT2D eigenvalue weighted by atomic mass is 10.1. The van der Waals surface area contributed by atoms with Gasteiger partial charge in [0.25, 0.3) is 5.91 Å². The molecule has 1 fully saturated rings. The summed E-state index contributed by atoms with van der Waals surface area (Å²) in [4.78, 5) is 18.3. The summed E-state index contributed by atoms with van der Waals surface area (Å²) in [6.07, 6.45) is 1.00. The number of carbonyl (C=O) groups is 1. The van der Waals surface area contributed by atoms with Crippen molar-refractivity contribution < 1.29 is 17.6 Å². The molecule has 3 rings (SSSR count). The zero-order chi connectivity index (χ0) is 18.7. The molecule has 0 saturated carbocycles. The number of benzene rings is 1. The number of hydrogen-bond acceptors (Lipinski definition) is 6. The number of nitrogens with zero attached hydrogens (tertiary/aromatic N) is 2. The molecule has 7 nitrogen and oxygen atoms in total. The molecule has 1 saturated heterocycles. The second-order valence-corrected chi connectivity index (χ2v) is 8.63. The van der Waals surface area contributed by atoms with E-state index >= 15 is 0 Å². The lowest BCUT2D eigenvalue weighted by molar-refractivity contribution is 0.0706. The first-order valence-corrected chi connectivity index (χ1v) is 10.5. The quantitative estimate of drug-likeness (QED) is 0.790. The van der Waals surface area contributed by atoms with Crippen LogP contribution in [0.15, 0.2) is 34.5 Å². The molecule has 140 valence electrons. The summed E-state index contributed by atoms with van der Waals surface area (Å²) >= 11 is 1.35. The lowest BCUT2D eigenvalue weighted by Gasteiger charge is -2.31. The van der Waals surface area contributed by atoms with Gasteiger partial charge in [0.05, 0.1) is 4.90 Å². The van der Waals surface area contributed by atoms with Crippen LogP contribution >= 0.6 is 11.3 Å². The SMILES string of the molecule is NCc1nc(C(=O)N2CCC(NS(=O)(=O)c3ccc(F)cc3)CC2)cs1. The Kier molecular flexibility index (Phi) is 5.66. The fourth-order valence-corrected chi connectivity index (χ4v) is 4.72. The maximum Gasteiger partial charge on any atom is 0.273 e. The second kappa shape index (κ2) is 7.78. The Hall–Kier alpha value is -1.88. The van der Waals surface area contributed by atoms with Crippen molar-refractivity contribution in [3.63, 3.8) is 0 Å². The van der Waals surface area contributed by atoms with Gasteiger partial charge < -0.3 is 10.6 Å². The van der Waals surface area contributed by atoms with E-state index in [-0.39, 0.29) is 16.8 Å². The predicted octanol–water partition coefficient (Wildman–Crippen LogP) is 1.32. The second-order valence-electron chi connectivity index (χ2n) is 5.97. The standard InChI is InChI=1S/C16H19FN4O3S2/c17-11-1-3-13(4-2-11)26(23,24)20-12-5-7-21(8-6-12)16(22)14-10-25-15(9-18)19-14/h1-4,10,12,20H,5-9,18H2. The fourth-order valence-electron chi connectivity index (χ4n) is 2.77. The van der Waals surface area contributed by atoms with Crippen LogP contribution in [0.2, 0.25) is 0 Å². The lowest BCUT2D eigenvalue weighted by Crippen LogP contribution is -2.46. The highest BCUT2D eigenvalue weighted by Crippen LogP contribution is 2.18. The summed E-state index contributed by atoms with van der Waals surface area (Å²) in [5.74, 6) is -0.656. The van der Waals surface area contributed by atoms with Crippen LogP contribution in [-0.2, 0) is 16.6 Å². The number of piperidine rings is 1. The molecule has 0 spiro atoms. The van der Waals surface area contributed by atoms with Gasteiger partial charge in [-0.15, -0.1) is 11.3 Å². The highest BCUT2D eigenvalue weighted by Gasteiger charge is 2.28. The number of nitrogens with two attached hydrogens (primary N) is 1. The summed E-state index contributed by atoms with van der Waals surface area (Å²) in [5, 5.41) is 2.39. The average Bonchev–Trinajstić information content (AvgIpc) is 3.11. The zero-order valence-corrected chi connectivity index (χ0v) is 15.5. The van der Waals surface area contributed by atoms with Gasteiger partial charge in [-0.05, 0) is 37.1 Å². The Morgan fingerprint density at radius 3 is 2.54 bits per heavy atom. The minimum absolute atomic E-state index is 0.0224. The Morgan fingerprint density at radius 1 is 1.31 bits per heavy atom. The number of halogens is 1. The molecule has 1 aromatic carbocycles. The minimum atomic E-state index is -3.71. The van der Waals surface area contributed by atoms with Gasteiger partial charge in [-0.2, -0.15) is 0 Å². The van der Waals surface area contributed by atoms with Crippen LogP contribution in [0.4, 0.5) is 4.39 Å². The largest absolute Gasteiger partial charge is 0.337 e. The van der Waals surface area contributed by atoms with E-state index in [1.165, 1.54) is 23.5 Å². The van der Waals surface area contributed by atoms with Gasteiger partial charge in [0.15, 0.2) is 0 Å². The molecule has 0 atom stereocenters. The Labute approximate surface area is 155 Å². The molecular formula is C16H19FN4O3S2. The number of hydrogen-bond donors (Lipinski definition) is 2. The normalized spacial score (nSPS) is 16.0. The number of amides is 1. The Balaban J connectivity index is 1.58. The minimum Gasteiger partial charge on any atom is -0.337 e. The topological polar surface area (TPSA) is 105 Å². The first-order chi connectivity index (χ1) is 12.4. The number of carbonyl (C=O) groups excluding carboxylic acids is 1. The molecule has 0 unspecified atom stereocenters. The number of likely N-dealkylation sites (tertiary alicyclic amines) is 1. The number of sulfonamides is 1. The Bertz CT molecular complexity index is 875. The Morgan fingerprint density at radius 2 is 1.96 bits per heavy atom. The zero-order valence-electron chi connectivity index (χ0n) is 13.9. The number of rotatable bonds is 5. The van der Waals surface area contributed by atoms with Crippen LogP contribution in [-0.4, -0.2) is 43.3 Å². The van der Waals surface area contributed by atoms with Crippen molar-refractivity contribution in [1.82, 2.24) is 14.6 Å². The highest BCUT2D eigenvalue weighted by atomic mass is 32.2. The summed E-state index contributed by atoms with van der Waals surface area (Å²) in [7, 11) is -3.71. The van der Waals surface area contributed by atoms with Gasteiger partial charge in [0, 0.05) is 31.1 Å². The summed E-state index contributed by atoms with van der Waals surface area (Å²) in [6.45, 7) is 1.17. The molecule has 2 aromatic rings. The van der Waals surface area contributed by atoms with Crippen molar-refractivity contribution >= 4 is 27.3 Å². The fraction of sp³-hybridized carbons (Fsp3) is 0.375. The van der Waals surface area contributed by atoms with E-state index in [0.29, 0.717) is 43.2 Å². The van der Waals surface area contributed by atoms with E-state index < -0.39 is 15.8 Å². The van der Waals surface area contributed by atoms with E-state index in [1.807, 2.05) is 0 Å². The number of nitrogens with one attached hydrogen (secondary N) is 1. The van der Waals surface area contributed by atoms with E-state index in [4.69, 9.17) is 5.73 Å². The highest BCUT2D eigenvalue weighted by molar-refractivity contribution is 7.89. The molecule has 0 aliphatic carbocycles. The van der Waals surface area contributed by atoms with Crippen molar-refractivity contribution in [1.29, 1.82) is 0 Å². The molecule has 26 heavy (non-hydrogen) atoms. The molecule has 1 amide bonds. The van der Waals surface area contributed by atoms with E-state index in [1.54, 1.807) is 10.3 Å². The van der Waals surface area contributed by atoms with Crippen molar-refractivity contribution in [2.45, 2.75) is 30.3 Å². The predicted molar refractivity (Wildman–Crippen MR) is 95.7 cm³/mol. The molecule has 1 aromatic heterocycles. The van der Waals surface area contributed by atoms with Gasteiger partial charge in [-0.3, -0.25) is 4.79 Å². The van der Waals surface area contributed by atoms with Gasteiger partial charge in [-0.25, -0.2) is 22.5 Å². The maximum absolute atomic E-state index is 13.0. The smallest absolute Gasteiger partial charge is 0.273 e. The first-order valence-electron chi connectivity index (χ1n) is 8.10. The van der Waals surface area contributed by atoms with Crippen LogP contribution in [0.5, 0.6) is 0 Å². The van der Waals surface area contributed by atoms with Crippen molar-refractivity contribution in [2.24, 2.45) is 5.73 Å². The van der Waals surface area contributed by atoms with E-state index in [2.05, 4.69) is 9.71 Å². The van der Waals surface area contributed by atoms with Gasteiger partial charge in [0.2, 0.25) is 10.0 Å². The third kappa shape index (κ3) is 4.26. The van der Waals surface area contributed by atoms with Crippen molar-refractivity contribution in [3.05, 3.63) is 46.2 Å². The van der Waals surface area contributed by atoms with E-state index in [0.717, 1.165) is 12.1 Å². The monoisotopic (exact) mass is 398 g/mol. The molecule has 1 aliphatic rings. The average molecular weight is 398 g/mol. The van der Waals surface area contributed by atoms with Gasteiger partial charge in [0.1, 0.15) is 16.5 Å². The number of aromatic nitrogens is 1. The van der Waals surface area contributed by atoms with Crippen molar-refractivity contribution in [3.8, 4) is 0 Å². The number of thiazole rings is 1. The summed E-state index contributed by atoms with van der Waals surface area (Å²) in [6, 6.07) is 4.41. The first kappa shape index (κ1) is 18.9. The molecular weight excluding hydrogens is 379 g/mol.